The van der Waals surface area contributed by atoms with Gasteiger partial charge < -0.3 is 9.16 Å². The molecule has 0 amide bonds. The molecule has 1 fully saturated rings. The number of ether oxygens (including phenoxy) is 1. The van der Waals surface area contributed by atoms with Gasteiger partial charge in [0, 0.05) is 6.61 Å². The summed E-state index contributed by atoms with van der Waals surface area (Å²) in [6, 6.07) is 7.17. The van der Waals surface area contributed by atoms with E-state index in [4.69, 9.17) is 9.16 Å². The Morgan fingerprint density at radius 3 is 2.56 bits per heavy atom. The molecule has 0 radical (unpaired) electrons. The Labute approximate surface area is 154 Å². The van der Waals surface area contributed by atoms with E-state index in [0.717, 1.165) is 5.56 Å². The monoisotopic (exact) mass is 384 g/mol. The Balaban J connectivity index is 2.06. The maximum Gasteiger partial charge on any atom is 0.192 e. The largest absolute Gasteiger partial charge is 0.414 e. The molecule has 0 saturated carbocycles. The highest BCUT2D eigenvalue weighted by atomic mass is 32.2. The molecule has 1 aromatic carbocycles. The van der Waals surface area contributed by atoms with Crippen LogP contribution in [0.4, 0.5) is 0 Å². The molecular formula is C19H32O4SSi. The van der Waals surface area contributed by atoms with Gasteiger partial charge in [-0.2, -0.15) is 0 Å². The third-order valence-electron chi connectivity index (χ3n) is 5.51. The summed E-state index contributed by atoms with van der Waals surface area (Å²) in [6.07, 6.45) is 0.907. The predicted octanol–water partition coefficient (Wildman–Crippen LogP) is 4.34. The second-order valence-electron chi connectivity index (χ2n) is 8.57. The molecular weight excluding hydrogens is 352 g/mol. The van der Waals surface area contributed by atoms with Crippen LogP contribution in [0.2, 0.25) is 18.1 Å². The highest BCUT2D eigenvalue weighted by Gasteiger charge is 2.39. The fourth-order valence-corrected chi connectivity index (χ4v) is 5.66. The van der Waals surface area contributed by atoms with E-state index in [-0.39, 0.29) is 11.1 Å². The van der Waals surface area contributed by atoms with Gasteiger partial charge in [-0.25, -0.2) is 8.42 Å². The first-order valence-electron chi connectivity index (χ1n) is 8.99. The Morgan fingerprint density at radius 2 is 1.96 bits per heavy atom. The zero-order valence-electron chi connectivity index (χ0n) is 16.3. The van der Waals surface area contributed by atoms with Crippen LogP contribution in [0, 0.1) is 6.92 Å². The van der Waals surface area contributed by atoms with Crippen LogP contribution in [-0.2, 0) is 19.0 Å². The Hall–Kier alpha value is -0.693. The average Bonchev–Trinajstić information content (AvgIpc) is 2.52. The Kier molecular flexibility index (Phi) is 6.19. The average molecular weight is 385 g/mol. The third kappa shape index (κ3) is 4.93. The molecule has 0 aromatic heterocycles. The molecule has 1 aliphatic rings. The fourth-order valence-electron chi connectivity index (χ4n) is 2.75. The van der Waals surface area contributed by atoms with Gasteiger partial charge in [0.2, 0.25) is 0 Å². The van der Waals surface area contributed by atoms with Gasteiger partial charge in [-0.15, -0.1) is 0 Å². The molecule has 0 N–H and O–H groups in total. The molecule has 4 nitrogen and oxygen atoms in total. The summed E-state index contributed by atoms with van der Waals surface area (Å²) in [5, 5.41) is -0.259. The molecule has 1 heterocycles. The van der Waals surface area contributed by atoms with Crippen molar-refractivity contribution in [1.82, 2.24) is 0 Å². The SMILES string of the molecule is Cc1cccc(S(=O)(=O)C2CCOC(CO[Si](C)(C)C(C)(C)C)C2)c1. The quantitative estimate of drug-likeness (QED) is 0.709. The maximum absolute atomic E-state index is 13.0. The summed E-state index contributed by atoms with van der Waals surface area (Å²) in [4.78, 5) is 0.420. The summed E-state index contributed by atoms with van der Waals surface area (Å²) in [6.45, 7) is 13.9. The van der Waals surface area contributed by atoms with Gasteiger partial charge in [0.15, 0.2) is 18.2 Å². The molecule has 0 bridgehead atoms. The fraction of sp³-hybridized carbons (Fsp3) is 0.684. The highest BCUT2D eigenvalue weighted by molar-refractivity contribution is 7.92. The van der Waals surface area contributed by atoms with Crippen molar-refractivity contribution in [2.75, 3.05) is 13.2 Å². The summed E-state index contributed by atoms with van der Waals surface area (Å²) >= 11 is 0. The lowest BCUT2D eigenvalue weighted by molar-refractivity contribution is -0.0126. The van der Waals surface area contributed by atoms with Crippen LogP contribution in [0.1, 0.15) is 39.2 Å². The van der Waals surface area contributed by atoms with Gasteiger partial charge in [0.1, 0.15) is 0 Å². The van der Waals surface area contributed by atoms with Gasteiger partial charge in [0.05, 0.1) is 22.9 Å². The molecule has 2 unspecified atom stereocenters. The number of hydrogen-bond acceptors (Lipinski definition) is 4. The summed E-state index contributed by atoms with van der Waals surface area (Å²) in [5.41, 5.74) is 0.964. The second-order valence-corrected chi connectivity index (χ2v) is 15.6. The van der Waals surface area contributed by atoms with E-state index in [1.807, 2.05) is 13.0 Å². The van der Waals surface area contributed by atoms with Crippen LogP contribution in [0.5, 0.6) is 0 Å². The van der Waals surface area contributed by atoms with Crippen LogP contribution in [0.15, 0.2) is 29.2 Å². The van der Waals surface area contributed by atoms with Crippen molar-refractivity contribution in [3.63, 3.8) is 0 Å². The number of rotatable bonds is 5. The van der Waals surface area contributed by atoms with Gasteiger partial charge in [-0.05, 0) is 55.6 Å². The smallest absolute Gasteiger partial charge is 0.192 e. The third-order valence-corrected chi connectivity index (χ3v) is 12.2. The lowest BCUT2D eigenvalue weighted by Crippen LogP contribution is -2.45. The van der Waals surface area contributed by atoms with Crippen molar-refractivity contribution in [1.29, 1.82) is 0 Å². The summed E-state index contributed by atoms with van der Waals surface area (Å²) in [5.74, 6) is 0. The minimum atomic E-state index is -3.32. The molecule has 2 rings (SSSR count). The highest BCUT2D eigenvalue weighted by Crippen LogP contribution is 2.37. The standard InChI is InChI=1S/C19H32O4SSi/c1-15-8-7-9-17(12-15)24(20,21)18-10-11-22-16(13-18)14-23-25(5,6)19(2,3)4/h7-9,12,16,18H,10-11,13-14H2,1-6H3. The van der Waals surface area contributed by atoms with E-state index in [1.54, 1.807) is 18.2 Å². The molecule has 6 heteroatoms. The van der Waals surface area contributed by atoms with Crippen LogP contribution >= 0.6 is 0 Å². The van der Waals surface area contributed by atoms with E-state index >= 15 is 0 Å². The van der Waals surface area contributed by atoms with Crippen LogP contribution in [-0.4, -0.2) is 41.3 Å². The molecule has 2 atom stereocenters. The van der Waals surface area contributed by atoms with E-state index in [2.05, 4.69) is 33.9 Å². The number of sulfone groups is 1. The number of benzene rings is 1. The van der Waals surface area contributed by atoms with Crippen LogP contribution in [0.25, 0.3) is 0 Å². The number of hydrogen-bond donors (Lipinski definition) is 0. The van der Waals surface area contributed by atoms with Gasteiger partial charge in [-0.1, -0.05) is 32.9 Å². The first-order chi connectivity index (χ1) is 11.4. The van der Waals surface area contributed by atoms with E-state index < -0.39 is 23.4 Å². The van der Waals surface area contributed by atoms with E-state index in [0.29, 0.717) is 31.0 Å². The van der Waals surface area contributed by atoms with Crippen LogP contribution in [0.3, 0.4) is 0 Å². The zero-order chi connectivity index (χ0) is 18.9. The minimum absolute atomic E-state index is 0.134. The second kappa shape index (κ2) is 7.51. The van der Waals surface area contributed by atoms with Crippen LogP contribution < -0.4 is 0 Å². The minimum Gasteiger partial charge on any atom is -0.414 e. The predicted molar refractivity (Wildman–Crippen MR) is 104 cm³/mol. The first-order valence-corrected chi connectivity index (χ1v) is 13.4. The van der Waals surface area contributed by atoms with Gasteiger partial charge in [-0.3, -0.25) is 0 Å². The van der Waals surface area contributed by atoms with Crippen molar-refractivity contribution in [2.24, 2.45) is 0 Å². The van der Waals surface area contributed by atoms with Crippen molar-refractivity contribution in [3.8, 4) is 0 Å². The molecule has 1 aromatic rings. The summed E-state index contributed by atoms with van der Waals surface area (Å²) < 4.78 is 38.0. The Bertz CT molecular complexity index is 692. The normalized spacial score (nSPS) is 22.8. The lowest BCUT2D eigenvalue weighted by Gasteiger charge is -2.38. The molecule has 0 spiro atoms. The zero-order valence-corrected chi connectivity index (χ0v) is 18.2. The van der Waals surface area contributed by atoms with Crippen molar-refractivity contribution >= 4 is 18.2 Å². The maximum atomic E-state index is 13.0. The van der Waals surface area contributed by atoms with E-state index in [1.165, 1.54) is 0 Å². The topological polar surface area (TPSA) is 52.6 Å². The molecule has 1 saturated heterocycles. The van der Waals surface area contributed by atoms with Gasteiger partial charge in [0.25, 0.3) is 0 Å². The molecule has 142 valence electrons. The first kappa shape index (κ1) is 20.6. The number of aryl methyl sites for hydroxylation is 1. The van der Waals surface area contributed by atoms with Crippen molar-refractivity contribution in [3.05, 3.63) is 29.8 Å². The molecule has 25 heavy (non-hydrogen) atoms. The van der Waals surface area contributed by atoms with Crippen molar-refractivity contribution < 1.29 is 17.6 Å². The molecule has 1 aliphatic heterocycles. The van der Waals surface area contributed by atoms with Crippen molar-refractivity contribution in [2.45, 2.75) is 74.9 Å². The summed E-state index contributed by atoms with van der Waals surface area (Å²) in [7, 11) is -5.18. The lowest BCUT2D eigenvalue weighted by atomic mass is 10.1. The molecule has 0 aliphatic carbocycles. The van der Waals surface area contributed by atoms with Gasteiger partial charge >= 0.3 is 0 Å². The van der Waals surface area contributed by atoms with E-state index in [9.17, 15) is 8.42 Å². The Morgan fingerprint density at radius 1 is 1.28 bits per heavy atom.